The minimum absolute atomic E-state index is 0.128. The Labute approximate surface area is 157 Å². The maximum absolute atomic E-state index is 12.1. The number of carbonyl (C=O) groups excluding carboxylic acids is 2. The van der Waals surface area contributed by atoms with Gasteiger partial charge in [0.1, 0.15) is 0 Å². The van der Waals surface area contributed by atoms with Crippen LogP contribution in [-0.2, 0) is 17.6 Å². The molecule has 1 aromatic carbocycles. The quantitative estimate of drug-likeness (QED) is 0.790. The molecular formula is C20H23N3O2S. The van der Waals surface area contributed by atoms with Gasteiger partial charge in [0.2, 0.25) is 5.91 Å². The Balaban J connectivity index is 1.60. The Kier molecular flexibility index (Phi) is 5.83. The number of rotatable bonds is 5. The normalized spacial score (nSPS) is 16.3. The Morgan fingerprint density at radius 1 is 1.31 bits per heavy atom. The minimum atomic E-state index is -0.196. The second-order valence-electron chi connectivity index (χ2n) is 6.43. The molecule has 0 saturated carbocycles. The molecule has 2 N–H and O–H groups in total. The van der Waals surface area contributed by atoms with Gasteiger partial charge in [0.05, 0.1) is 5.69 Å². The van der Waals surface area contributed by atoms with Crippen LogP contribution in [0.15, 0.2) is 30.3 Å². The van der Waals surface area contributed by atoms with Gasteiger partial charge in [-0.3, -0.25) is 14.9 Å². The van der Waals surface area contributed by atoms with Crippen LogP contribution >= 0.6 is 11.3 Å². The van der Waals surface area contributed by atoms with Crippen LogP contribution in [0.5, 0.6) is 0 Å². The van der Waals surface area contributed by atoms with Gasteiger partial charge in [-0.25, -0.2) is 4.98 Å². The molecule has 0 aliphatic heterocycles. The van der Waals surface area contributed by atoms with Crippen molar-refractivity contribution in [3.05, 3.63) is 52.0 Å². The van der Waals surface area contributed by atoms with E-state index in [1.807, 2.05) is 0 Å². The number of hydrogen-bond acceptors (Lipinski definition) is 4. The number of nitrogens with one attached hydrogen (secondary N) is 2. The Bertz CT molecular complexity index is 824. The number of anilines is 1. The molecule has 0 bridgehead atoms. The summed E-state index contributed by atoms with van der Waals surface area (Å²) in [6.07, 6.45) is 7.68. The molecule has 3 rings (SSSR count). The zero-order chi connectivity index (χ0) is 18.5. The summed E-state index contributed by atoms with van der Waals surface area (Å²) in [6.45, 7) is 2.23. The summed E-state index contributed by atoms with van der Waals surface area (Å²) >= 11 is 1.59. The van der Waals surface area contributed by atoms with Gasteiger partial charge in [0.15, 0.2) is 5.13 Å². The van der Waals surface area contributed by atoms with Crippen LogP contribution in [0.3, 0.4) is 0 Å². The van der Waals surface area contributed by atoms with E-state index in [1.54, 1.807) is 48.7 Å². The van der Waals surface area contributed by atoms with Gasteiger partial charge in [-0.15, -0.1) is 11.3 Å². The third-order valence-corrected chi connectivity index (χ3v) is 5.71. The van der Waals surface area contributed by atoms with E-state index in [-0.39, 0.29) is 11.8 Å². The van der Waals surface area contributed by atoms with Crippen LogP contribution < -0.4 is 10.6 Å². The van der Waals surface area contributed by atoms with Crippen LogP contribution in [0, 0.1) is 5.92 Å². The summed E-state index contributed by atoms with van der Waals surface area (Å²) in [7, 11) is 1.60. The summed E-state index contributed by atoms with van der Waals surface area (Å²) in [4.78, 5) is 29.5. The second kappa shape index (κ2) is 8.27. The molecule has 0 saturated heterocycles. The van der Waals surface area contributed by atoms with E-state index in [1.165, 1.54) is 23.8 Å². The zero-order valence-corrected chi connectivity index (χ0v) is 15.9. The molecule has 2 aromatic rings. The van der Waals surface area contributed by atoms with Crippen LogP contribution in [-0.4, -0.2) is 23.8 Å². The Morgan fingerprint density at radius 3 is 2.77 bits per heavy atom. The minimum Gasteiger partial charge on any atom is -0.355 e. The first-order chi connectivity index (χ1) is 12.6. The molecule has 2 amide bonds. The number of benzene rings is 1. The van der Waals surface area contributed by atoms with Crippen LogP contribution in [0.2, 0.25) is 0 Å². The lowest BCUT2D eigenvalue weighted by Crippen LogP contribution is -2.17. The number of nitrogens with zero attached hydrogens (tertiary/aromatic N) is 1. The van der Waals surface area contributed by atoms with Gasteiger partial charge in [0, 0.05) is 23.6 Å². The summed E-state index contributed by atoms with van der Waals surface area (Å²) in [5.74, 6) is 0.416. The molecule has 1 aliphatic carbocycles. The van der Waals surface area contributed by atoms with Gasteiger partial charge in [0.25, 0.3) is 5.91 Å². The fourth-order valence-electron chi connectivity index (χ4n) is 3.05. The van der Waals surface area contributed by atoms with E-state index in [0.29, 0.717) is 10.7 Å². The smallest absolute Gasteiger partial charge is 0.251 e. The molecule has 0 spiro atoms. The maximum atomic E-state index is 12.1. The number of amides is 2. The lowest BCUT2D eigenvalue weighted by molar-refractivity contribution is -0.111. The van der Waals surface area contributed by atoms with Crippen molar-refractivity contribution in [1.82, 2.24) is 10.3 Å². The van der Waals surface area contributed by atoms with Gasteiger partial charge in [-0.2, -0.15) is 0 Å². The van der Waals surface area contributed by atoms with Gasteiger partial charge >= 0.3 is 0 Å². The Hall–Kier alpha value is -2.47. The third kappa shape index (κ3) is 4.38. The van der Waals surface area contributed by atoms with Crippen LogP contribution in [0.4, 0.5) is 5.13 Å². The first-order valence-electron chi connectivity index (χ1n) is 8.88. The van der Waals surface area contributed by atoms with Crippen molar-refractivity contribution >= 4 is 34.4 Å². The largest absolute Gasteiger partial charge is 0.355 e. The maximum Gasteiger partial charge on any atom is 0.251 e. The average molecular weight is 369 g/mol. The molecule has 0 fully saturated rings. The highest BCUT2D eigenvalue weighted by Crippen LogP contribution is 2.33. The fraction of sp³-hybridized carbons (Fsp3) is 0.350. The molecule has 1 aliphatic rings. The molecule has 136 valence electrons. The van der Waals surface area contributed by atoms with E-state index in [4.69, 9.17) is 0 Å². The van der Waals surface area contributed by atoms with Gasteiger partial charge in [-0.1, -0.05) is 25.5 Å². The molecule has 1 atom stereocenters. The van der Waals surface area contributed by atoms with Crippen molar-refractivity contribution < 1.29 is 9.59 Å². The standard InChI is InChI=1S/C20H23N3O2S/c1-3-13-6-10-16-17(12-13)26-20(22-16)23-18(24)11-7-14-4-8-15(9-5-14)19(25)21-2/h4-5,7-9,11,13H,3,6,10,12H2,1-2H3,(H,21,25)(H,22,23,24)/b11-7+. The molecule has 1 unspecified atom stereocenters. The third-order valence-electron chi connectivity index (χ3n) is 4.68. The monoisotopic (exact) mass is 369 g/mol. The van der Waals surface area contributed by atoms with Crippen molar-refractivity contribution in [3.63, 3.8) is 0 Å². The second-order valence-corrected chi connectivity index (χ2v) is 7.51. The fourth-order valence-corrected chi connectivity index (χ4v) is 4.18. The zero-order valence-electron chi connectivity index (χ0n) is 15.0. The lowest BCUT2D eigenvalue weighted by Gasteiger charge is -2.18. The highest BCUT2D eigenvalue weighted by molar-refractivity contribution is 7.15. The van der Waals surface area contributed by atoms with E-state index < -0.39 is 0 Å². The highest BCUT2D eigenvalue weighted by atomic mass is 32.1. The summed E-state index contributed by atoms with van der Waals surface area (Å²) in [6, 6.07) is 7.08. The summed E-state index contributed by atoms with van der Waals surface area (Å²) < 4.78 is 0. The molecule has 5 nitrogen and oxygen atoms in total. The summed E-state index contributed by atoms with van der Waals surface area (Å²) in [5, 5.41) is 6.11. The highest BCUT2D eigenvalue weighted by Gasteiger charge is 2.21. The number of aromatic nitrogens is 1. The van der Waals surface area contributed by atoms with Crippen molar-refractivity contribution in [2.45, 2.75) is 32.6 Å². The first kappa shape index (κ1) is 18.3. The molecule has 1 aromatic heterocycles. The SMILES string of the molecule is CCC1CCc2nc(NC(=O)/C=C/c3ccc(C(=O)NC)cc3)sc2C1. The van der Waals surface area contributed by atoms with E-state index >= 15 is 0 Å². The number of hydrogen-bond donors (Lipinski definition) is 2. The van der Waals surface area contributed by atoms with Crippen molar-refractivity contribution in [3.8, 4) is 0 Å². The number of fused-ring (bicyclic) bond motifs is 1. The predicted octanol–water partition coefficient (Wildman–Crippen LogP) is 3.67. The number of thiazole rings is 1. The topological polar surface area (TPSA) is 71.1 Å². The first-order valence-corrected chi connectivity index (χ1v) is 9.70. The molecule has 1 heterocycles. The molecule has 6 heteroatoms. The van der Waals surface area contributed by atoms with Gasteiger partial charge < -0.3 is 5.32 Å². The predicted molar refractivity (Wildman–Crippen MR) is 105 cm³/mol. The molecule has 26 heavy (non-hydrogen) atoms. The number of carbonyl (C=O) groups is 2. The van der Waals surface area contributed by atoms with Gasteiger partial charge in [-0.05, 0) is 49.0 Å². The molecule has 0 radical (unpaired) electrons. The van der Waals surface area contributed by atoms with E-state index in [2.05, 4.69) is 22.5 Å². The number of aryl methyl sites for hydroxylation is 1. The van der Waals surface area contributed by atoms with Crippen LogP contribution in [0.1, 0.15) is 46.3 Å². The van der Waals surface area contributed by atoms with Crippen LogP contribution in [0.25, 0.3) is 6.08 Å². The van der Waals surface area contributed by atoms with E-state index in [9.17, 15) is 9.59 Å². The average Bonchev–Trinajstić information content (AvgIpc) is 3.07. The van der Waals surface area contributed by atoms with Crippen molar-refractivity contribution in [2.75, 3.05) is 12.4 Å². The van der Waals surface area contributed by atoms with E-state index in [0.717, 1.165) is 30.0 Å². The molecular weight excluding hydrogens is 346 g/mol. The lowest BCUT2D eigenvalue weighted by atomic mass is 9.89. The Morgan fingerprint density at radius 2 is 2.08 bits per heavy atom. The van der Waals surface area contributed by atoms with Crippen molar-refractivity contribution in [2.24, 2.45) is 5.92 Å². The van der Waals surface area contributed by atoms with Crippen molar-refractivity contribution in [1.29, 1.82) is 0 Å². The summed E-state index contributed by atoms with van der Waals surface area (Å²) in [5.41, 5.74) is 2.59.